The summed E-state index contributed by atoms with van der Waals surface area (Å²) in [6.07, 6.45) is 3.47. The van der Waals surface area contributed by atoms with Crippen molar-refractivity contribution in [3.63, 3.8) is 0 Å². The number of nitrogens with zero attached hydrogens (tertiary/aromatic N) is 1. The minimum atomic E-state index is -0.332. The number of likely N-dealkylation sites (N-methyl/N-ethyl adjacent to an activating group) is 1. The summed E-state index contributed by atoms with van der Waals surface area (Å²) < 4.78 is 6.25. The third-order valence-corrected chi connectivity index (χ3v) is 6.97. The Kier molecular flexibility index (Phi) is 5.36. The quantitative estimate of drug-likeness (QED) is 0.835. The molecule has 0 radical (unpaired) electrons. The number of phenols is 1. The van der Waals surface area contributed by atoms with E-state index in [9.17, 15) is 9.90 Å². The predicted octanol–water partition coefficient (Wildman–Crippen LogP) is 3.33. The summed E-state index contributed by atoms with van der Waals surface area (Å²) >= 11 is 0. The highest BCUT2D eigenvalue weighted by Gasteiger charge is 2.58. The fourth-order valence-corrected chi connectivity index (χ4v) is 5.48. The largest absolute Gasteiger partial charge is 0.508 e. The van der Waals surface area contributed by atoms with E-state index in [1.807, 2.05) is 42.5 Å². The van der Waals surface area contributed by atoms with Crippen LogP contribution in [0.4, 0.5) is 0 Å². The molecule has 3 unspecified atom stereocenters. The number of methoxy groups -OCH3 is 1. The Balaban J connectivity index is 1.67. The topological polar surface area (TPSA) is 61.8 Å². The Labute approximate surface area is 172 Å². The minimum Gasteiger partial charge on any atom is -0.508 e. The molecule has 3 atom stereocenters. The molecule has 0 bridgehead atoms. The van der Waals surface area contributed by atoms with Gasteiger partial charge in [0.15, 0.2) is 0 Å². The number of carbonyl (C=O) groups excluding carboxylic acids is 1. The van der Waals surface area contributed by atoms with Gasteiger partial charge in [0.2, 0.25) is 0 Å². The Bertz CT molecular complexity index is 871. The van der Waals surface area contributed by atoms with E-state index in [-0.39, 0.29) is 28.7 Å². The molecule has 2 N–H and O–H groups in total. The molecule has 154 valence electrons. The number of benzene rings is 2. The molecule has 4 rings (SSSR count). The summed E-state index contributed by atoms with van der Waals surface area (Å²) in [7, 11) is 3.94. The molecule has 29 heavy (non-hydrogen) atoms. The van der Waals surface area contributed by atoms with Crippen LogP contribution in [0.25, 0.3) is 0 Å². The number of nitrogens with one attached hydrogen (secondary N) is 1. The molecular formula is C24H30N2O3. The molecule has 2 aromatic carbocycles. The first-order chi connectivity index (χ1) is 14.0. The molecule has 2 aromatic rings. The Hall–Kier alpha value is -2.37. The fraction of sp³-hybridized carbons (Fsp3) is 0.458. The van der Waals surface area contributed by atoms with Crippen molar-refractivity contribution in [2.45, 2.75) is 42.7 Å². The van der Waals surface area contributed by atoms with Gasteiger partial charge in [-0.15, -0.1) is 0 Å². The van der Waals surface area contributed by atoms with Crippen LogP contribution < -0.4 is 5.32 Å². The van der Waals surface area contributed by atoms with Gasteiger partial charge in [0, 0.05) is 30.7 Å². The van der Waals surface area contributed by atoms with Gasteiger partial charge in [-0.2, -0.15) is 0 Å². The van der Waals surface area contributed by atoms with Crippen molar-refractivity contribution in [1.29, 1.82) is 0 Å². The normalized spacial score (nSPS) is 29.8. The van der Waals surface area contributed by atoms with Crippen LogP contribution in [0, 0.1) is 0 Å². The first-order valence-corrected chi connectivity index (χ1v) is 10.4. The third-order valence-electron chi connectivity index (χ3n) is 6.97. The van der Waals surface area contributed by atoms with Crippen LogP contribution in [0.3, 0.4) is 0 Å². The number of carbonyl (C=O) groups is 1. The summed E-state index contributed by atoms with van der Waals surface area (Å²) in [6.45, 7) is 1.80. The van der Waals surface area contributed by atoms with Crippen molar-refractivity contribution >= 4 is 5.91 Å². The Morgan fingerprint density at radius 1 is 1.17 bits per heavy atom. The first-order valence-electron chi connectivity index (χ1n) is 10.4. The number of ether oxygens (including phenoxy) is 1. The van der Waals surface area contributed by atoms with E-state index in [2.05, 4.69) is 23.3 Å². The number of aromatic hydroxyl groups is 1. The number of rotatable bonds is 4. The summed E-state index contributed by atoms with van der Waals surface area (Å²) in [6, 6.07) is 17.0. The smallest absolute Gasteiger partial charge is 0.251 e. The maximum Gasteiger partial charge on any atom is 0.251 e. The minimum absolute atomic E-state index is 0.0282. The van der Waals surface area contributed by atoms with Crippen LogP contribution in [0.5, 0.6) is 5.75 Å². The van der Waals surface area contributed by atoms with Gasteiger partial charge in [-0.3, -0.25) is 4.79 Å². The zero-order valence-electron chi connectivity index (χ0n) is 17.2. The molecule has 1 amide bonds. The molecule has 5 nitrogen and oxygen atoms in total. The molecule has 1 heterocycles. The van der Waals surface area contributed by atoms with Crippen LogP contribution in [0.1, 0.15) is 41.6 Å². The van der Waals surface area contributed by atoms with Crippen LogP contribution in [0.15, 0.2) is 54.6 Å². The van der Waals surface area contributed by atoms with E-state index in [4.69, 9.17) is 4.74 Å². The Morgan fingerprint density at radius 3 is 2.69 bits per heavy atom. The van der Waals surface area contributed by atoms with Crippen molar-refractivity contribution in [3.8, 4) is 5.75 Å². The molecule has 2 fully saturated rings. The van der Waals surface area contributed by atoms with Crippen molar-refractivity contribution < 1.29 is 14.6 Å². The van der Waals surface area contributed by atoms with E-state index < -0.39 is 0 Å². The SMILES string of the molecule is COC12CCC(NC(=O)c3ccccc3)CC1(c1cccc(O)c1)CCN(C)C2. The van der Waals surface area contributed by atoms with Crippen LogP contribution in [0.2, 0.25) is 0 Å². The maximum atomic E-state index is 12.8. The summed E-state index contributed by atoms with van der Waals surface area (Å²) in [5.41, 5.74) is 1.21. The number of fused-ring (bicyclic) bond motifs is 1. The van der Waals surface area contributed by atoms with Crippen LogP contribution >= 0.6 is 0 Å². The zero-order valence-corrected chi connectivity index (χ0v) is 17.2. The maximum absolute atomic E-state index is 12.8. The monoisotopic (exact) mass is 394 g/mol. The molecule has 1 saturated heterocycles. The zero-order chi connectivity index (χ0) is 20.5. The predicted molar refractivity (Wildman–Crippen MR) is 113 cm³/mol. The molecule has 0 aromatic heterocycles. The van der Waals surface area contributed by atoms with E-state index in [1.54, 1.807) is 13.2 Å². The second-order valence-electron chi connectivity index (χ2n) is 8.60. The highest BCUT2D eigenvalue weighted by molar-refractivity contribution is 5.94. The van der Waals surface area contributed by atoms with Crippen molar-refractivity contribution in [1.82, 2.24) is 10.2 Å². The van der Waals surface area contributed by atoms with Crippen LogP contribution in [-0.2, 0) is 10.2 Å². The molecule has 1 saturated carbocycles. The van der Waals surface area contributed by atoms with E-state index in [0.717, 1.165) is 44.3 Å². The lowest BCUT2D eigenvalue weighted by molar-refractivity contribution is -0.144. The summed E-state index contributed by atoms with van der Waals surface area (Å²) in [5, 5.41) is 13.4. The molecule has 2 aliphatic rings. The lowest BCUT2D eigenvalue weighted by atomic mass is 9.55. The molecule has 5 heteroatoms. The number of hydrogen-bond acceptors (Lipinski definition) is 4. The Morgan fingerprint density at radius 2 is 1.97 bits per heavy atom. The van der Waals surface area contributed by atoms with Gasteiger partial charge in [-0.1, -0.05) is 30.3 Å². The highest BCUT2D eigenvalue weighted by Crippen LogP contribution is 2.53. The third kappa shape index (κ3) is 3.53. The second-order valence-corrected chi connectivity index (χ2v) is 8.60. The lowest BCUT2D eigenvalue weighted by Gasteiger charge is -2.59. The van der Waals surface area contributed by atoms with Gasteiger partial charge in [-0.05, 0) is 69.1 Å². The van der Waals surface area contributed by atoms with Crippen molar-refractivity contribution in [2.24, 2.45) is 0 Å². The number of phenolic OH excluding ortho intramolecular Hbond substituents is 1. The average Bonchev–Trinajstić information content (AvgIpc) is 2.74. The standard InChI is InChI=1S/C24H30N2O3/c1-26-14-13-23(19-9-6-10-21(27)15-19)16-20(11-12-24(23,17-26)29-2)25-22(28)18-7-4-3-5-8-18/h3-10,15,20,27H,11-14,16-17H2,1-2H3,(H,25,28). The van der Waals surface area contributed by atoms with Crippen molar-refractivity contribution in [2.75, 3.05) is 27.2 Å². The highest BCUT2D eigenvalue weighted by atomic mass is 16.5. The second kappa shape index (κ2) is 7.81. The van der Waals surface area contributed by atoms with Gasteiger partial charge in [-0.25, -0.2) is 0 Å². The average molecular weight is 395 g/mol. The van der Waals surface area contributed by atoms with E-state index in [1.165, 1.54) is 0 Å². The van der Waals surface area contributed by atoms with Gasteiger partial charge in [0.25, 0.3) is 5.91 Å². The molecule has 1 aliphatic heterocycles. The first kappa shape index (κ1) is 19.9. The molecule has 0 spiro atoms. The van der Waals surface area contributed by atoms with Crippen molar-refractivity contribution in [3.05, 3.63) is 65.7 Å². The number of piperidine rings is 1. The lowest BCUT2D eigenvalue weighted by Crippen LogP contribution is -2.67. The molecular weight excluding hydrogens is 364 g/mol. The summed E-state index contributed by atoms with van der Waals surface area (Å²) in [5.74, 6) is 0.246. The number of hydrogen-bond donors (Lipinski definition) is 2. The number of likely N-dealkylation sites (tertiary alicyclic amines) is 1. The van der Waals surface area contributed by atoms with Gasteiger partial charge < -0.3 is 20.1 Å². The molecule has 1 aliphatic carbocycles. The van der Waals surface area contributed by atoms with Gasteiger partial charge in [0.1, 0.15) is 5.75 Å². The van der Waals surface area contributed by atoms with E-state index >= 15 is 0 Å². The number of amides is 1. The van der Waals surface area contributed by atoms with Gasteiger partial charge in [0.05, 0.1) is 5.60 Å². The van der Waals surface area contributed by atoms with Gasteiger partial charge >= 0.3 is 0 Å². The van der Waals surface area contributed by atoms with E-state index in [0.29, 0.717) is 5.56 Å². The van der Waals surface area contributed by atoms with Crippen LogP contribution in [-0.4, -0.2) is 54.8 Å². The summed E-state index contributed by atoms with van der Waals surface area (Å²) in [4.78, 5) is 15.1. The fourth-order valence-electron chi connectivity index (χ4n) is 5.48.